The van der Waals surface area contributed by atoms with Crippen molar-refractivity contribution in [2.24, 2.45) is 5.92 Å². The van der Waals surface area contributed by atoms with Gasteiger partial charge in [-0.3, -0.25) is 4.79 Å². The lowest BCUT2D eigenvalue weighted by Crippen LogP contribution is -2.51. The Balaban J connectivity index is 1.39. The number of thiazole rings is 1. The number of aromatic nitrogens is 1. The number of hydrogen-bond donors (Lipinski definition) is 0. The van der Waals surface area contributed by atoms with Gasteiger partial charge < -0.3 is 14.5 Å². The fourth-order valence-corrected chi connectivity index (χ4v) is 4.33. The molecule has 3 heterocycles. The minimum atomic E-state index is 0.165. The molecule has 1 aromatic carbocycles. The van der Waals surface area contributed by atoms with E-state index >= 15 is 0 Å². The van der Waals surface area contributed by atoms with Crippen molar-refractivity contribution in [2.75, 3.05) is 44.3 Å². The Labute approximate surface area is 139 Å². The number of rotatable bonds is 2. The molecule has 2 saturated heterocycles. The SMILES string of the molecule is O=C(C1CCOCC1)N1CCN(c2nc3ccccc3s2)CC1. The number of piperazine rings is 1. The number of amides is 1. The minimum absolute atomic E-state index is 0.165. The van der Waals surface area contributed by atoms with Gasteiger partial charge in [-0.05, 0) is 25.0 Å². The molecule has 0 aliphatic carbocycles. The van der Waals surface area contributed by atoms with Crippen LogP contribution in [0.5, 0.6) is 0 Å². The molecule has 0 unspecified atom stereocenters. The summed E-state index contributed by atoms with van der Waals surface area (Å²) in [6, 6.07) is 8.24. The van der Waals surface area contributed by atoms with E-state index in [9.17, 15) is 4.79 Å². The fourth-order valence-electron chi connectivity index (χ4n) is 3.32. The third kappa shape index (κ3) is 3.05. The van der Waals surface area contributed by atoms with Gasteiger partial charge in [0, 0.05) is 45.3 Å². The van der Waals surface area contributed by atoms with Crippen molar-refractivity contribution in [3.05, 3.63) is 24.3 Å². The highest BCUT2D eigenvalue weighted by Gasteiger charge is 2.29. The van der Waals surface area contributed by atoms with Crippen LogP contribution in [0.15, 0.2) is 24.3 Å². The van der Waals surface area contributed by atoms with E-state index in [-0.39, 0.29) is 5.92 Å². The number of ether oxygens (including phenoxy) is 1. The van der Waals surface area contributed by atoms with Crippen LogP contribution in [-0.4, -0.2) is 55.2 Å². The molecule has 2 aromatic rings. The van der Waals surface area contributed by atoms with E-state index in [1.807, 2.05) is 11.0 Å². The second-order valence-corrected chi connectivity index (χ2v) is 7.17. The summed E-state index contributed by atoms with van der Waals surface area (Å²) in [6.45, 7) is 4.78. The molecule has 0 atom stereocenters. The van der Waals surface area contributed by atoms with Crippen LogP contribution in [0.4, 0.5) is 5.13 Å². The molecule has 2 aliphatic rings. The Morgan fingerprint density at radius 1 is 1.13 bits per heavy atom. The summed E-state index contributed by atoms with van der Waals surface area (Å²) in [5.41, 5.74) is 1.06. The molecule has 2 fully saturated rings. The number of fused-ring (bicyclic) bond motifs is 1. The van der Waals surface area contributed by atoms with Gasteiger partial charge in [0.15, 0.2) is 5.13 Å². The molecular formula is C17H21N3O2S. The second-order valence-electron chi connectivity index (χ2n) is 6.16. The summed E-state index contributed by atoms with van der Waals surface area (Å²) in [7, 11) is 0. The maximum atomic E-state index is 12.6. The molecule has 5 nitrogen and oxygen atoms in total. The largest absolute Gasteiger partial charge is 0.381 e. The first-order valence-corrected chi connectivity index (χ1v) is 9.10. The van der Waals surface area contributed by atoms with Crippen LogP contribution in [0.1, 0.15) is 12.8 Å². The lowest BCUT2D eigenvalue weighted by atomic mass is 9.98. The normalized spacial score (nSPS) is 20.2. The maximum absolute atomic E-state index is 12.6. The molecule has 0 N–H and O–H groups in total. The van der Waals surface area contributed by atoms with E-state index in [2.05, 4.69) is 23.1 Å². The molecule has 0 bridgehead atoms. The topological polar surface area (TPSA) is 45.7 Å². The second kappa shape index (κ2) is 6.45. The zero-order chi connectivity index (χ0) is 15.6. The van der Waals surface area contributed by atoms with Crippen molar-refractivity contribution < 1.29 is 9.53 Å². The molecule has 0 saturated carbocycles. The van der Waals surface area contributed by atoms with Crippen LogP contribution in [0, 0.1) is 5.92 Å². The van der Waals surface area contributed by atoms with Crippen molar-refractivity contribution in [2.45, 2.75) is 12.8 Å². The molecular weight excluding hydrogens is 310 g/mol. The predicted octanol–water partition coefficient (Wildman–Crippen LogP) is 2.37. The average molecular weight is 331 g/mol. The third-order valence-corrected chi connectivity index (χ3v) is 5.81. The summed E-state index contributed by atoms with van der Waals surface area (Å²) in [6.07, 6.45) is 1.74. The summed E-state index contributed by atoms with van der Waals surface area (Å²) >= 11 is 1.74. The van der Waals surface area contributed by atoms with Crippen LogP contribution in [0.3, 0.4) is 0 Å². The fraction of sp³-hybridized carbons (Fsp3) is 0.529. The molecule has 4 rings (SSSR count). The van der Waals surface area contributed by atoms with E-state index < -0.39 is 0 Å². The van der Waals surface area contributed by atoms with Crippen LogP contribution >= 0.6 is 11.3 Å². The number of carbonyl (C=O) groups excluding carboxylic acids is 1. The number of hydrogen-bond acceptors (Lipinski definition) is 5. The Kier molecular flexibility index (Phi) is 4.18. The van der Waals surface area contributed by atoms with Crippen molar-refractivity contribution in [3.63, 3.8) is 0 Å². The Hall–Kier alpha value is -1.66. The van der Waals surface area contributed by atoms with Gasteiger partial charge in [0.2, 0.25) is 5.91 Å². The first-order chi connectivity index (χ1) is 11.3. The highest BCUT2D eigenvalue weighted by Crippen LogP contribution is 2.29. The maximum Gasteiger partial charge on any atom is 0.225 e. The van der Waals surface area contributed by atoms with Gasteiger partial charge in [-0.2, -0.15) is 0 Å². The van der Waals surface area contributed by atoms with E-state index in [0.29, 0.717) is 5.91 Å². The quantitative estimate of drug-likeness (QED) is 0.847. The van der Waals surface area contributed by atoms with Crippen LogP contribution in [0.2, 0.25) is 0 Å². The van der Waals surface area contributed by atoms with Gasteiger partial charge in [0.1, 0.15) is 0 Å². The van der Waals surface area contributed by atoms with Crippen molar-refractivity contribution in [3.8, 4) is 0 Å². The molecule has 1 amide bonds. The number of para-hydroxylation sites is 1. The van der Waals surface area contributed by atoms with E-state index in [0.717, 1.165) is 62.9 Å². The van der Waals surface area contributed by atoms with E-state index in [4.69, 9.17) is 9.72 Å². The lowest BCUT2D eigenvalue weighted by Gasteiger charge is -2.37. The van der Waals surface area contributed by atoms with Crippen LogP contribution in [0.25, 0.3) is 10.2 Å². The molecule has 2 aliphatic heterocycles. The number of nitrogens with zero attached hydrogens (tertiary/aromatic N) is 3. The van der Waals surface area contributed by atoms with Crippen LogP contribution < -0.4 is 4.90 Å². The molecule has 0 spiro atoms. The Morgan fingerprint density at radius 2 is 1.87 bits per heavy atom. The van der Waals surface area contributed by atoms with Gasteiger partial charge in [-0.25, -0.2) is 4.98 Å². The zero-order valence-corrected chi connectivity index (χ0v) is 13.9. The standard InChI is InChI=1S/C17H21N3O2S/c21-16(13-5-11-22-12-6-13)19-7-9-20(10-8-19)17-18-14-3-1-2-4-15(14)23-17/h1-4,13H,5-12H2. The molecule has 122 valence electrons. The number of anilines is 1. The Bertz CT molecular complexity index is 655. The molecule has 0 radical (unpaired) electrons. The summed E-state index contributed by atoms with van der Waals surface area (Å²) in [4.78, 5) is 21.6. The molecule has 6 heteroatoms. The molecule has 1 aromatic heterocycles. The van der Waals surface area contributed by atoms with Crippen molar-refractivity contribution in [1.82, 2.24) is 9.88 Å². The number of benzene rings is 1. The van der Waals surface area contributed by atoms with Crippen molar-refractivity contribution >= 4 is 32.6 Å². The predicted molar refractivity (Wildman–Crippen MR) is 92.0 cm³/mol. The highest BCUT2D eigenvalue weighted by molar-refractivity contribution is 7.22. The first kappa shape index (κ1) is 14.9. The minimum Gasteiger partial charge on any atom is -0.381 e. The van der Waals surface area contributed by atoms with Gasteiger partial charge in [-0.15, -0.1) is 0 Å². The first-order valence-electron chi connectivity index (χ1n) is 8.28. The summed E-state index contributed by atoms with van der Waals surface area (Å²) in [5.74, 6) is 0.481. The monoisotopic (exact) mass is 331 g/mol. The zero-order valence-electron chi connectivity index (χ0n) is 13.1. The smallest absolute Gasteiger partial charge is 0.225 e. The number of carbonyl (C=O) groups is 1. The van der Waals surface area contributed by atoms with Gasteiger partial charge >= 0.3 is 0 Å². The summed E-state index contributed by atoms with van der Waals surface area (Å²) in [5, 5.41) is 1.07. The van der Waals surface area contributed by atoms with Crippen LogP contribution in [-0.2, 0) is 9.53 Å². The highest BCUT2D eigenvalue weighted by atomic mass is 32.1. The van der Waals surface area contributed by atoms with Gasteiger partial charge in [0.05, 0.1) is 10.2 Å². The average Bonchev–Trinajstić information content (AvgIpc) is 3.06. The van der Waals surface area contributed by atoms with Gasteiger partial charge in [-0.1, -0.05) is 23.5 Å². The van der Waals surface area contributed by atoms with Crippen molar-refractivity contribution in [1.29, 1.82) is 0 Å². The Morgan fingerprint density at radius 3 is 2.61 bits per heavy atom. The molecule has 23 heavy (non-hydrogen) atoms. The lowest BCUT2D eigenvalue weighted by molar-refractivity contribution is -0.138. The van der Waals surface area contributed by atoms with E-state index in [1.54, 1.807) is 11.3 Å². The third-order valence-electron chi connectivity index (χ3n) is 4.72. The van der Waals surface area contributed by atoms with E-state index in [1.165, 1.54) is 4.70 Å². The summed E-state index contributed by atoms with van der Waals surface area (Å²) < 4.78 is 6.58. The van der Waals surface area contributed by atoms with Gasteiger partial charge in [0.25, 0.3) is 0 Å².